The number of nitrogens with one attached hydrogen (secondary N) is 2. The topological polar surface area (TPSA) is 71.8 Å². The molecule has 3 aromatic rings. The van der Waals surface area contributed by atoms with Gasteiger partial charge in [0.25, 0.3) is 5.91 Å². The van der Waals surface area contributed by atoms with Gasteiger partial charge in [0.1, 0.15) is 6.54 Å². The Kier molecular flexibility index (Phi) is 6.31. The monoisotopic (exact) mass is 437 g/mol. The fourth-order valence-electron chi connectivity index (χ4n) is 2.61. The molecule has 30 heavy (non-hydrogen) atoms. The normalized spacial score (nSPS) is 11.6. The second kappa shape index (κ2) is 8.74. The maximum Gasteiger partial charge on any atom is 0.405 e. The molecule has 0 aliphatic rings. The molecular formula is C20H19ClF3N5O. The third-order valence-electron chi connectivity index (χ3n) is 4.08. The van der Waals surface area contributed by atoms with E-state index in [1.165, 1.54) is 12.1 Å². The zero-order valence-electron chi connectivity index (χ0n) is 16.2. The molecule has 0 atom stereocenters. The van der Waals surface area contributed by atoms with Gasteiger partial charge in [-0.2, -0.15) is 18.2 Å². The molecule has 0 aliphatic heterocycles. The van der Waals surface area contributed by atoms with E-state index in [1.54, 1.807) is 28.9 Å². The summed E-state index contributed by atoms with van der Waals surface area (Å²) in [6.45, 7) is 2.53. The van der Waals surface area contributed by atoms with Crippen LogP contribution in [0.3, 0.4) is 0 Å². The second-order valence-electron chi connectivity index (χ2n) is 6.80. The van der Waals surface area contributed by atoms with Crippen molar-refractivity contribution in [2.45, 2.75) is 26.1 Å². The number of carbonyl (C=O) groups excluding carboxylic acids is 1. The average molecular weight is 438 g/mol. The molecule has 2 aromatic carbocycles. The molecule has 0 saturated heterocycles. The Bertz CT molecular complexity index is 1010. The zero-order chi connectivity index (χ0) is 21.9. The number of benzene rings is 2. The van der Waals surface area contributed by atoms with Gasteiger partial charge in [0, 0.05) is 21.8 Å². The molecule has 6 nitrogen and oxygen atoms in total. The summed E-state index contributed by atoms with van der Waals surface area (Å²) in [5.41, 5.74) is 1.53. The largest absolute Gasteiger partial charge is 0.405 e. The highest BCUT2D eigenvalue weighted by Crippen LogP contribution is 2.24. The van der Waals surface area contributed by atoms with E-state index >= 15 is 0 Å². The van der Waals surface area contributed by atoms with Crippen LogP contribution in [-0.4, -0.2) is 33.4 Å². The van der Waals surface area contributed by atoms with Crippen LogP contribution in [0.15, 0.2) is 48.5 Å². The van der Waals surface area contributed by atoms with Gasteiger partial charge in [0.05, 0.1) is 6.04 Å². The Morgan fingerprint density at radius 1 is 1.10 bits per heavy atom. The second-order valence-corrected chi connectivity index (χ2v) is 7.24. The van der Waals surface area contributed by atoms with Crippen LogP contribution >= 0.6 is 11.6 Å². The maximum atomic E-state index is 12.3. The summed E-state index contributed by atoms with van der Waals surface area (Å²) in [5, 5.41) is 10.2. The van der Waals surface area contributed by atoms with Crippen molar-refractivity contribution >= 4 is 29.1 Å². The molecule has 1 heterocycles. The van der Waals surface area contributed by atoms with Crippen LogP contribution in [0.4, 0.5) is 24.8 Å². The minimum atomic E-state index is -4.46. The molecule has 3 rings (SSSR count). The van der Waals surface area contributed by atoms with E-state index in [0.29, 0.717) is 22.4 Å². The number of halogens is 4. The van der Waals surface area contributed by atoms with Gasteiger partial charge in [-0.3, -0.25) is 4.79 Å². The number of amides is 1. The molecule has 10 heteroatoms. The molecule has 0 bridgehead atoms. The summed E-state index contributed by atoms with van der Waals surface area (Å²) in [7, 11) is 0. The van der Waals surface area contributed by atoms with E-state index < -0.39 is 18.6 Å². The van der Waals surface area contributed by atoms with Crippen LogP contribution in [0, 0.1) is 0 Å². The number of rotatable bonds is 6. The molecule has 1 aromatic heterocycles. The lowest BCUT2D eigenvalue weighted by molar-refractivity contribution is -0.123. The molecule has 0 unspecified atom stereocenters. The fraction of sp³-hybridized carbons (Fsp3) is 0.250. The van der Waals surface area contributed by atoms with Crippen molar-refractivity contribution in [1.29, 1.82) is 0 Å². The Balaban J connectivity index is 1.80. The summed E-state index contributed by atoms with van der Waals surface area (Å²) >= 11 is 5.91. The standard InChI is InChI=1S/C20H19ClF3N5O/c1-12(2)29-19(26-16-9-7-15(21)8-10-16)27-17(28-29)13-3-5-14(6-4-13)18(30)25-11-20(22,23)24/h3-10,12H,11H2,1-2H3,(H,25,30)(H,26,27,28). The first-order valence-corrected chi connectivity index (χ1v) is 9.45. The Hall–Kier alpha value is -3.07. The lowest BCUT2D eigenvalue weighted by atomic mass is 10.1. The number of hydrogen-bond donors (Lipinski definition) is 2. The summed E-state index contributed by atoms with van der Waals surface area (Å²) in [6, 6.07) is 13.2. The number of nitrogens with zero attached hydrogens (tertiary/aromatic N) is 3. The quantitative estimate of drug-likeness (QED) is 0.555. The van der Waals surface area contributed by atoms with Gasteiger partial charge in [-0.1, -0.05) is 23.7 Å². The molecule has 0 aliphatic carbocycles. The van der Waals surface area contributed by atoms with Gasteiger partial charge in [0.15, 0.2) is 5.82 Å². The zero-order valence-corrected chi connectivity index (χ0v) is 16.9. The van der Waals surface area contributed by atoms with Crippen LogP contribution in [0.25, 0.3) is 11.4 Å². The minimum Gasteiger partial charge on any atom is -0.343 e. The van der Waals surface area contributed by atoms with Gasteiger partial charge in [-0.25, -0.2) is 4.68 Å². The van der Waals surface area contributed by atoms with Gasteiger partial charge in [0.2, 0.25) is 5.95 Å². The number of hydrogen-bond acceptors (Lipinski definition) is 4. The van der Waals surface area contributed by atoms with Crippen molar-refractivity contribution in [3.63, 3.8) is 0 Å². The smallest absolute Gasteiger partial charge is 0.343 e. The minimum absolute atomic E-state index is 0.0217. The lowest BCUT2D eigenvalue weighted by Crippen LogP contribution is -2.33. The molecule has 0 radical (unpaired) electrons. The van der Waals surface area contributed by atoms with Gasteiger partial charge in [-0.05, 0) is 50.2 Å². The van der Waals surface area contributed by atoms with E-state index in [9.17, 15) is 18.0 Å². The van der Waals surface area contributed by atoms with Crippen molar-refractivity contribution < 1.29 is 18.0 Å². The molecule has 0 spiro atoms. The summed E-state index contributed by atoms with van der Waals surface area (Å²) in [6.07, 6.45) is -4.46. The van der Waals surface area contributed by atoms with E-state index in [2.05, 4.69) is 15.4 Å². The first-order chi connectivity index (χ1) is 14.1. The van der Waals surface area contributed by atoms with Crippen molar-refractivity contribution in [2.75, 3.05) is 11.9 Å². The number of alkyl halides is 3. The molecule has 0 saturated carbocycles. The van der Waals surface area contributed by atoms with Crippen LogP contribution < -0.4 is 10.6 Å². The Labute approximate surface area is 176 Å². The highest BCUT2D eigenvalue weighted by atomic mass is 35.5. The summed E-state index contributed by atoms with van der Waals surface area (Å²) in [5.74, 6) is 0.140. The fourth-order valence-corrected chi connectivity index (χ4v) is 2.73. The van der Waals surface area contributed by atoms with Crippen LogP contribution in [0.1, 0.15) is 30.2 Å². The van der Waals surface area contributed by atoms with E-state index in [-0.39, 0.29) is 11.6 Å². The third-order valence-corrected chi connectivity index (χ3v) is 4.33. The molecule has 1 amide bonds. The van der Waals surface area contributed by atoms with Gasteiger partial charge in [-0.15, -0.1) is 5.10 Å². The van der Waals surface area contributed by atoms with Gasteiger partial charge >= 0.3 is 6.18 Å². The lowest BCUT2D eigenvalue weighted by Gasteiger charge is -2.10. The number of carbonyl (C=O) groups is 1. The van der Waals surface area contributed by atoms with Crippen molar-refractivity contribution in [2.24, 2.45) is 0 Å². The predicted molar refractivity (Wildman–Crippen MR) is 109 cm³/mol. The summed E-state index contributed by atoms with van der Waals surface area (Å²) < 4.78 is 38.5. The molecule has 2 N–H and O–H groups in total. The van der Waals surface area contributed by atoms with Gasteiger partial charge < -0.3 is 10.6 Å². The van der Waals surface area contributed by atoms with Crippen molar-refractivity contribution in [1.82, 2.24) is 20.1 Å². The third kappa shape index (κ3) is 5.50. The number of aromatic nitrogens is 3. The first kappa shape index (κ1) is 21.6. The Morgan fingerprint density at radius 2 is 1.73 bits per heavy atom. The number of anilines is 2. The van der Waals surface area contributed by atoms with Crippen molar-refractivity contribution in [3.05, 3.63) is 59.1 Å². The van der Waals surface area contributed by atoms with Crippen LogP contribution in [0.5, 0.6) is 0 Å². The van der Waals surface area contributed by atoms with Crippen molar-refractivity contribution in [3.8, 4) is 11.4 Å². The highest BCUT2D eigenvalue weighted by Gasteiger charge is 2.27. The Morgan fingerprint density at radius 3 is 2.30 bits per heavy atom. The highest BCUT2D eigenvalue weighted by molar-refractivity contribution is 6.30. The molecular weight excluding hydrogens is 419 g/mol. The SMILES string of the molecule is CC(C)n1nc(-c2ccc(C(=O)NCC(F)(F)F)cc2)nc1Nc1ccc(Cl)cc1. The first-order valence-electron chi connectivity index (χ1n) is 9.07. The predicted octanol–water partition coefficient (Wildman–Crippen LogP) is 5.22. The average Bonchev–Trinajstić information content (AvgIpc) is 3.11. The van der Waals surface area contributed by atoms with Crippen LogP contribution in [-0.2, 0) is 0 Å². The van der Waals surface area contributed by atoms with E-state index in [4.69, 9.17) is 11.6 Å². The molecule has 0 fully saturated rings. The van der Waals surface area contributed by atoms with Crippen LogP contribution in [0.2, 0.25) is 5.02 Å². The van der Waals surface area contributed by atoms with E-state index in [1.807, 2.05) is 31.3 Å². The maximum absolute atomic E-state index is 12.3. The van der Waals surface area contributed by atoms with E-state index in [0.717, 1.165) is 5.69 Å². The summed E-state index contributed by atoms with van der Waals surface area (Å²) in [4.78, 5) is 16.4. The molecule has 158 valence electrons.